The van der Waals surface area contributed by atoms with E-state index in [0.717, 1.165) is 22.4 Å². The third-order valence-electron chi connectivity index (χ3n) is 5.51. The van der Waals surface area contributed by atoms with E-state index in [1.165, 1.54) is 24.3 Å². The first-order valence-electron chi connectivity index (χ1n) is 10.5. The Morgan fingerprint density at radius 3 is 2.45 bits per heavy atom. The molecule has 1 aromatic heterocycles. The Kier molecular flexibility index (Phi) is 5.40. The van der Waals surface area contributed by atoms with Crippen LogP contribution in [0.4, 0.5) is 16.0 Å². The number of rotatable bonds is 5. The van der Waals surface area contributed by atoms with Crippen LogP contribution in [0.2, 0.25) is 0 Å². The highest BCUT2D eigenvalue weighted by Gasteiger charge is 2.31. The number of hydrogen-bond acceptors (Lipinski definition) is 5. The van der Waals surface area contributed by atoms with E-state index in [4.69, 9.17) is 0 Å². The van der Waals surface area contributed by atoms with E-state index in [1.54, 1.807) is 9.58 Å². The standard InChI is InChI=1S/C25H21FN6O/c1-17-7-9-19(10-8-17)22-15-23(18-5-3-2-4-6-18)32-25(28-29-30-32)31(22)16-24(33)27-21-13-11-20(26)12-14-21/h2-15,23H,16H2,1H3,(H,27,33)/t23-/m0/s1. The molecule has 4 aromatic rings. The quantitative estimate of drug-likeness (QED) is 0.503. The zero-order valence-corrected chi connectivity index (χ0v) is 17.9. The molecule has 2 heterocycles. The van der Waals surface area contributed by atoms with E-state index < -0.39 is 0 Å². The largest absolute Gasteiger partial charge is 0.325 e. The molecular weight excluding hydrogens is 419 g/mol. The summed E-state index contributed by atoms with van der Waals surface area (Å²) in [7, 11) is 0. The van der Waals surface area contributed by atoms with Gasteiger partial charge in [-0.3, -0.25) is 9.69 Å². The number of carbonyl (C=O) groups is 1. The first-order chi connectivity index (χ1) is 16.1. The molecule has 0 saturated carbocycles. The fourth-order valence-electron chi connectivity index (χ4n) is 3.86. The lowest BCUT2D eigenvalue weighted by Crippen LogP contribution is -2.37. The summed E-state index contributed by atoms with van der Waals surface area (Å²) >= 11 is 0. The average Bonchev–Trinajstić information content (AvgIpc) is 3.32. The minimum absolute atomic E-state index is 0.0149. The van der Waals surface area contributed by atoms with Gasteiger partial charge in [0.05, 0.1) is 5.70 Å². The van der Waals surface area contributed by atoms with E-state index >= 15 is 0 Å². The maximum Gasteiger partial charge on any atom is 0.251 e. The van der Waals surface area contributed by atoms with Crippen molar-refractivity contribution in [1.29, 1.82) is 0 Å². The monoisotopic (exact) mass is 440 g/mol. The number of allylic oxidation sites excluding steroid dienone is 1. The molecule has 0 aliphatic carbocycles. The highest BCUT2D eigenvalue weighted by Crippen LogP contribution is 2.36. The summed E-state index contributed by atoms with van der Waals surface area (Å²) in [6, 6.07) is 23.5. The average molecular weight is 440 g/mol. The molecule has 0 bridgehead atoms. The van der Waals surface area contributed by atoms with Gasteiger partial charge in [0, 0.05) is 5.69 Å². The van der Waals surface area contributed by atoms with Gasteiger partial charge in [-0.1, -0.05) is 65.3 Å². The summed E-state index contributed by atoms with van der Waals surface area (Å²) in [5.74, 6) is -0.164. The molecule has 1 N–H and O–H groups in total. The van der Waals surface area contributed by atoms with Crippen molar-refractivity contribution in [2.75, 3.05) is 16.8 Å². The summed E-state index contributed by atoms with van der Waals surface area (Å²) in [5, 5.41) is 15.1. The second-order valence-corrected chi connectivity index (χ2v) is 7.84. The van der Waals surface area contributed by atoms with Gasteiger partial charge >= 0.3 is 0 Å². The van der Waals surface area contributed by atoms with Gasteiger partial charge in [-0.2, -0.15) is 4.68 Å². The fraction of sp³-hybridized carbons (Fsp3) is 0.120. The summed E-state index contributed by atoms with van der Waals surface area (Å²) in [6.07, 6.45) is 2.06. The molecule has 0 unspecified atom stereocenters. The number of carbonyl (C=O) groups excluding carboxylic acids is 1. The van der Waals surface area contributed by atoms with E-state index in [0.29, 0.717) is 11.6 Å². The van der Waals surface area contributed by atoms with Crippen molar-refractivity contribution in [2.24, 2.45) is 0 Å². The van der Waals surface area contributed by atoms with Crippen LogP contribution in [0, 0.1) is 12.7 Å². The number of aryl methyl sites for hydroxylation is 1. The normalized spacial score (nSPS) is 15.0. The molecule has 0 radical (unpaired) electrons. The number of fused-ring (bicyclic) bond motifs is 1. The molecule has 0 saturated heterocycles. The highest BCUT2D eigenvalue weighted by molar-refractivity contribution is 5.97. The second kappa shape index (κ2) is 8.66. The molecule has 1 atom stereocenters. The van der Waals surface area contributed by atoms with Crippen LogP contribution in [-0.2, 0) is 4.79 Å². The number of halogens is 1. The molecule has 164 valence electrons. The third-order valence-corrected chi connectivity index (χ3v) is 5.51. The minimum atomic E-state index is -0.361. The molecule has 3 aromatic carbocycles. The molecule has 5 rings (SSSR count). The van der Waals surface area contributed by atoms with Crippen LogP contribution >= 0.6 is 0 Å². The van der Waals surface area contributed by atoms with E-state index in [1.807, 2.05) is 61.5 Å². The molecule has 1 aliphatic heterocycles. The third kappa shape index (κ3) is 4.23. The molecule has 33 heavy (non-hydrogen) atoms. The SMILES string of the molecule is Cc1ccc(C2=C[C@@H](c3ccccc3)n3nnnc3N2CC(=O)Nc2ccc(F)cc2)cc1. The first-order valence-corrected chi connectivity index (χ1v) is 10.5. The number of tetrazole rings is 1. The van der Waals surface area contributed by atoms with Crippen molar-refractivity contribution in [3.8, 4) is 0 Å². The van der Waals surface area contributed by atoms with Crippen LogP contribution in [0.1, 0.15) is 22.7 Å². The van der Waals surface area contributed by atoms with Crippen LogP contribution in [-0.4, -0.2) is 32.7 Å². The van der Waals surface area contributed by atoms with Gasteiger partial charge in [-0.05, 0) is 58.8 Å². The predicted molar refractivity (Wildman–Crippen MR) is 124 cm³/mol. The van der Waals surface area contributed by atoms with Crippen LogP contribution in [0.25, 0.3) is 5.70 Å². The van der Waals surface area contributed by atoms with Gasteiger partial charge in [-0.15, -0.1) is 0 Å². The zero-order valence-electron chi connectivity index (χ0n) is 17.9. The summed E-state index contributed by atoms with van der Waals surface area (Å²) in [4.78, 5) is 14.7. The number of anilines is 2. The molecule has 1 amide bonds. The van der Waals surface area contributed by atoms with Gasteiger partial charge in [-0.25, -0.2) is 4.39 Å². The molecule has 7 nitrogen and oxygen atoms in total. The molecule has 8 heteroatoms. The highest BCUT2D eigenvalue weighted by atomic mass is 19.1. The Bertz CT molecular complexity index is 1300. The molecule has 0 fully saturated rings. The molecule has 1 aliphatic rings. The number of amides is 1. The Morgan fingerprint density at radius 1 is 1.00 bits per heavy atom. The first kappa shape index (κ1) is 20.6. The van der Waals surface area contributed by atoms with Crippen molar-refractivity contribution in [3.63, 3.8) is 0 Å². The van der Waals surface area contributed by atoms with Crippen LogP contribution in [0.3, 0.4) is 0 Å². The van der Waals surface area contributed by atoms with Crippen LogP contribution < -0.4 is 10.2 Å². The molecular formula is C25H21FN6O. The van der Waals surface area contributed by atoms with Gasteiger partial charge in [0.15, 0.2) is 0 Å². The number of aromatic nitrogens is 4. The Labute approximate surface area is 190 Å². The lowest BCUT2D eigenvalue weighted by molar-refractivity contribution is -0.114. The van der Waals surface area contributed by atoms with Gasteiger partial charge in [0.2, 0.25) is 5.91 Å². The topological polar surface area (TPSA) is 75.9 Å². The van der Waals surface area contributed by atoms with Crippen molar-refractivity contribution in [1.82, 2.24) is 20.2 Å². The van der Waals surface area contributed by atoms with E-state index in [9.17, 15) is 9.18 Å². The van der Waals surface area contributed by atoms with Crippen molar-refractivity contribution < 1.29 is 9.18 Å². The predicted octanol–water partition coefficient (Wildman–Crippen LogP) is 4.21. The maximum atomic E-state index is 13.2. The number of hydrogen-bond donors (Lipinski definition) is 1. The zero-order chi connectivity index (χ0) is 22.8. The second-order valence-electron chi connectivity index (χ2n) is 7.84. The summed E-state index contributed by atoms with van der Waals surface area (Å²) < 4.78 is 14.9. The van der Waals surface area contributed by atoms with Gasteiger partial charge in [0.25, 0.3) is 5.95 Å². The fourth-order valence-corrected chi connectivity index (χ4v) is 3.86. The number of benzene rings is 3. The number of nitrogens with one attached hydrogen (secondary N) is 1. The maximum absolute atomic E-state index is 13.2. The minimum Gasteiger partial charge on any atom is -0.325 e. The van der Waals surface area contributed by atoms with Crippen molar-refractivity contribution in [2.45, 2.75) is 13.0 Å². The lowest BCUT2D eigenvalue weighted by Gasteiger charge is -2.32. The van der Waals surface area contributed by atoms with Crippen LogP contribution in [0.5, 0.6) is 0 Å². The van der Waals surface area contributed by atoms with E-state index in [2.05, 4.69) is 26.9 Å². The lowest BCUT2D eigenvalue weighted by atomic mass is 10.00. The van der Waals surface area contributed by atoms with Crippen LogP contribution in [0.15, 0.2) is 84.9 Å². The van der Waals surface area contributed by atoms with Crippen molar-refractivity contribution >= 4 is 23.2 Å². The summed E-state index contributed by atoms with van der Waals surface area (Å²) in [5.41, 5.74) is 4.47. The van der Waals surface area contributed by atoms with Gasteiger partial charge < -0.3 is 5.32 Å². The smallest absolute Gasteiger partial charge is 0.251 e. The Hall–Kier alpha value is -4.33. The number of nitrogens with zero attached hydrogens (tertiary/aromatic N) is 5. The Balaban J connectivity index is 1.52. The van der Waals surface area contributed by atoms with Gasteiger partial charge in [0.1, 0.15) is 18.4 Å². The van der Waals surface area contributed by atoms with E-state index in [-0.39, 0.29) is 24.3 Å². The summed E-state index contributed by atoms with van der Waals surface area (Å²) in [6.45, 7) is 2.01. The molecule has 0 spiro atoms. The van der Waals surface area contributed by atoms with Crippen molar-refractivity contribution in [3.05, 3.63) is 107 Å². The Morgan fingerprint density at radius 2 is 1.73 bits per heavy atom.